The monoisotopic (exact) mass is 913 g/mol. The fourth-order valence-corrected chi connectivity index (χ4v) is 6.94. The van der Waals surface area contributed by atoms with Crippen LogP contribution < -0.4 is 24.3 Å². The van der Waals surface area contributed by atoms with E-state index in [0.29, 0.717) is 77.8 Å². The van der Waals surface area contributed by atoms with Gasteiger partial charge in [-0.25, -0.2) is 0 Å². The van der Waals surface area contributed by atoms with Crippen molar-refractivity contribution < 1.29 is 49.0 Å². The van der Waals surface area contributed by atoms with Crippen LogP contribution in [-0.4, -0.2) is 75.3 Å². The number of aliphatic hydroxyl groups is 2. The molecule has 0 aliphatic carbocycles. The molecule has 0 unspecified atom stereocenters. The van der Waals surface area contributed by atoms with Gasteiger partial charge < -0.3 is 44.7 Å². The van der Waals surface area contributed by atoms with Crippen molar-refractivity contribution in [3.63, 3.8) is 0 Å². The second-order valence-corrected chi connectivity index (χ2v) is 14.5. The quantitative estimate of drug-likeness (QED) is 0.0564. The van der Waals surface area contributed by atoms with Gasteiger partial charge in [0.15, 0.2) is 0 Å². The molecule has 290 valence electrons. The lowest BCUT2D eigenvalue weighted by atomic mass is 10.0. The number of nitrogens with one attached hydrogen (secondary N) is 1. The average Bonchev–Trinajstić information content (AvgIpc) is 3.11. The van der Waals surface area contributed by atoms with E-state index >= 15 is 0 Å². The molecule has 0 spiro atoms. The maximum Gasteiger partial charge on any atom is 0.306 e. The zero-order valence-corrected chi connectivity index (χ0v) is 34.0. The second-order valence-electron chi connectivity index (χ2n) is 12.0. The number of hydrogen-bond acceptors (Lipinski definition) is 11. The molecule has 54 heavy (non-hydrogen) atoms. The van der Waals surface area contributed by atoms with Crippen molar-refractivity contribution >= 4 is 67.0 Å². The summed E-state index contributed by atoms with van der Waals surface area (Å²) in [6.07, 6.45) is -1.26. The van der Waals surface area contributed by atoms with Crippen LogP contribution in [0.4, 0.5) is 0 Å². The fourth-order valence-electron chi connectivity index (χ4n) is 5.42. The summed E-state index contributed by atoms with van der Waals surface area (Å²) < 4.78 is 24.2. The van der Waals surface area contributed by atoms with Gasteiger partial charge in [0.2, 0.25) is 23.5 Å². The van der Waals surface area contributed by atoms with Gasteiger partial charge in [-0.1, -0.05) is 59.6 Å². The molecule has 17 heteroatoms. The van der Waals surface area contributed by atoms with E-state index in [-0.39, 0.29) is 50.9 Å². The first kappa shape index (κ1) is 43.0. The third-order valence-electron chi connectivity index (χ3n) is 8.03. The number of rotatable bonds is 21. The van der Waals surface area contributed by atoms with Crippen LogP contribution in [0.1, 0.15) is 47.9 Å². The Balaban J connectivity index is 1.43. The Kier molecular flexibility index (Phi) is 16.6. The van der Waals surface area contributed by atoms with Crippen LogP contribution in [0.3, 0.4) is 0 Å². The third kappa shape index (κ3) is 12.2. The molecule has 2 heterocycles. The van der Waals surface area contributed by atoms with Gasteiger partial charge in [-0.15, -0.1) is 0 Å². The summed E-state index contributed by atoms with van der Waals surface area (Å²) in [5, 5.41) is 41.3. The standard InChI is InChI=1S/C37H39Br2Cl2N3O10/c1-51-34-20(6-3-9-24(45)14-30(47)48)12-28(38)36(43-34)53-18-21-7-4-10-26(32(21)40)27-11-5-8-22(33(27)41)19-54-37-29(39)13-23(35(44-37)52-2)16-42-17-25(46)15-31(49)50/h4-5,7-8,10-13,24-25,42,45-46H,3,6,9,14-19H2,1-2H3,(H,47,48)(H,49,50)/t24-,25+/m0/s1. The molecule has 2 aromatic carbocycles. The molecule has 0 aliphatic rings. The van der Waals surface area contributed by atoms with Crippen LogP contribution in [0.15, 0.2) is 57.5 Å². The molecule has 13 nitrogen and oxygen atoms in total. The highest BCUT2D eigenvalue weighted by atomic mass is 79.9. The zero-order chi connectivity index (χ0) is 39.4. The summed E-state index contributed by atoms with van der Waals surface area (Å²) in [5.41, 5.74) is 4.16. The number of aromatic nitrogens is 2. The smallest absolute Gasteiger partial charge is 0.306 e. The normalized spacial score (nSPS) is 12.2. The molecule has 2 aromatic heterocycles. The number of carboxylic acids is 2. The molecule has 0 saturated carbocycles. The number of nitrogens with zero attached hydrogens (tertiary/aromatic N) is 2. The average molecular weight is 916 g/mol. The Morgan fingerprint density at radius 1 is 0.741 bits per heavy atom. The molecule has 5 N–H and O–H groups in total. The van der Waals surface area contributed by atoms with Crippen LogP contribution in [0.5, 0.6) is 23.5 Å². The van der Waals surface area contributed by atoms with E-state index in [9.17, 15) is 19.8 Å². The van der Waals surface area contributed by atoms with Crippen LogP contribution in [0.25, 0.3) is 11.1 Å². The number of halogens is 4. The third-order valence-corrected chi connectivity index (χ3v) is 10.1. The maximum atomic E-state index is 10.8. The number of aryl methyl sites for hydroxylation is 1. The number of ether oxygens (including phenoxy) is 4. The molecule has 0 amide bonds. The Hall–Kier alpha value is -3.70. The highest BCUT2D eigenvalue weighted by molar-refractivity contribution is 9.10. The van der Waals surface area contributed by atoms with E-state index in [1.54, 1.807) is 6.07 Å². The van der Waals surface area contributed by atoms with Gasteiger partial charge in [-0.05, 0) is 63.3 Å². The van der Waals surface area contributed by atoms with Crippen molar-refractivity contribution in [1.29, 1.82) is 0 Å². The molecule has 2 atom stereocenters. The van der Waals surface area contributed by atoms with Gasteiger partial charge in [-0.2, -0.15) is 9.97 Å². The SMILES string of the molecule is COc1nc(OCc2cccc(-c3cccc(COc4nc(OC)c(CNC[C@H](O)CC(=O)O)cc4Br)c3Cl)c2Cl)c(Br)cc1CCC[C@H](O)CC(=O)O. The van der Waals surface area contributed by atoms with E-state index in [0.717, 1.165) is 5.56 Å². The van der Waals surface area contributed by atoms with E-state index in [1.807, 2.05) is 42.5 Å². The molecular formula is C37H39Br2Cl2N3O10. The van der Waals surface area contributed by atoms with E-state index in [1.165, 1.54) is 14.2 Å². The molecule has 0 saturated heterocycles. The predicted molar refractivity (Wildman–Crippen MR) is 209 cm³/mol. The molecule has 4 aromatic rings. The van der Waals surface area contributed by atoms with Crippen molar-refractivity contribution in [2.45, 2.75) is 64.1 Å². The summed E-state index contributed by atoms with van der Waals surface area (Å²) in [7, 11) is 2.97. The molecule has 0 aliphatic heterocycles. The minimum atomic E-state index is -1.09. The Labute approximate surface area is 338 Å². The Morgan fingerprint density at radius 2 is 1.22 bits per heavy atom. The molecular weight excluding hydrogens is 877 g/mol. The van der Waals surface area contributed by atoms with Crippen molar-refractivity contribution in [3.05, 3.63) is 89.8 Å². The number of hydrogen-bond donors (Lipinski definition) is 5. The summed E-state index contributed by atoms with van der Waals surface area (Å²) in [6, 6.07) is 14.7. The van der Waals surface area contributed by atoms with Gasteiger partial charge in [-0.3, -0.25) is 9.59 Å². The Morgan fingerprint density at radius 3 is 1.72 bits per heavy atom. The topological polar surface area (TPSA) is 190 Å². The Bertz CT molecular complexity index is 1800. The number of methoxy groups -OCH3 is 2. The minimum absolute atomic E-state index is 0.0707. The van der Waals surface area contributed by atoms with E-state index in [4.69, 9.17) is 52.4 Å². The van der Waals surface area contributed by atoms with E-state index in [2.05, 4.69) is 47.1 Å². The lowest BCUT2D eigenvalue weighted by molar-refractivity contribution is -0.140. The first-order valence-electron chi connectivity index (χ1n) is 16.6. The van der Waals surface area contributed by atoms with Crippen LogP contribution in [-0.2, 0) is 35.8 Å². The van der Waals surface area contributed by atoms with Gasteiger partial charge in [0.05, 0.1) is 58.3 Å². The van der Waals surface area contributed by atoms with Crippen molar-refractivity contribution in [2.75, 3.05) is 20.8 Å². The number of carboxylic acid groups (broad SMARTS) is 2. The lowest BCUT2D eigenvalue weighted by Gasteiger charge is -2.16. The number of aliphatic carboxylic acids is 2. The number of benzene rings is 2. The molecule has 4 rings (SSSR count). The highest BCUT2D eigenvalue weighted by Crippen LogP contribution is 2.39. The van der Waals surface area contributed by atoms with Gasteiger partial charge >= 0.3 is 11.9 Å². The van der Waals surface area contributed by atoms with Gasteiger partial charge in [0.25, 0.3) is 0 Å². The molecule has 0 bridgehead atoms. The van der Waals surface area contributed by atoms with Gasteiger partial charge in [0.1, 0.15) is 13.2 Å². The van der Waals surface area contributed by atoms with Crippen molar-refractivity contribution in [3.8, 4) is 34.6 Å². The maximum absolute atomic E-state index is 10.8. The first-order valence-corrected chi connectivity index (χ1v) is 18.9. The van der Waals surface area contributed by atoms with Crippen LogP contribution >= 0.6 is 55.1 Å². The second kappa shape index (κ2) is 20.8. The number of pyridine rings is 2. The molecule has 0 fully saturated rings. The van der Waals surface area contributed by atoms with Crippen LogP contribution in [0, 0.1) is 0 Å². The minimum Gasteiger partial charge on any atom is -0.481 e. The lowest BCUT2D eigenvalue weighted by Crippen LogP contribution is -2.28. The van der Waals surface area contributed by atoms with E-state index < -0.39 is 24.1 Å². The fraction of sp³-hybridized carbons (Fsp3) is 0.351. The summed E-state index contributed by atoms with van der Waals surface area (Å²) in [6.45, 7) is 0.496. The number of aliphatic hydroxyl groups excluding tert-OH is 2. The largest absolute Gasteiger partial charge is 0.481 e. The zero-order valence-electron chi connectivity index (χ0n) is 29.3. The summed E-state index contributed by atoms with van der Waals surface area (Å²) >= 11 is 20.9. The van der Waals surface area contributed by atoms with Crippen LogP contribution in [0.2, 0.25) is 10.0 Å². The van der Waals surface area contributed by atoms with Gasteiger partial charge in [0, 0.05) is 46.5 Å². The van der Waals surface area contributed by atoms with Crippen molar-refractivity contribution in [2.24, 2.45) is 0 Å². The first-order chi connectivity index (χ1) is 25.8. The summed E-state index contributed by atoms with van der Waals surface area (Å²) in [4.78, 5) is 30.6. The van der Waals surface area contributed by atoms with Crippen molar-refractivity contribution in [1.82, 2.24) is 15.3 Å². The molecule has 0 radical (unpaired) electrons. The highest BCUT2D eigenvalue weighted by Gasteiger charge is 2.19. The summed E-state index contributed by atoms with van der Waals surface area (Å²) in [5.74, 6) is -0.937. The predicted octanol–water partition coefficient (Wildman–Crippen LogP) is 7.23. The number of carbonyl (C=O) groups is 2.